The molecule has 0 radical (unpaired) electrons. The number of hydrogen-bond acceptors (Lipinski definition) is 2. The minimum atomic E-state index is -0.0127. The lowest BCUT2D eigenvalue weighted by Crippen LogP contribution is -2.47. The van der Waals surface area contributed by atoms with Gasteiger partial charge in [0.05, 0.1) is 18.3 Å². The Morgan fingerprint density at radius 3 is 2.29 bits per heavy atom. The van der Waals surface area contributed by atoms with Crippen molar-refractivity contribution in [1.29, 1.82) is 0 Å². The summed E-state index contributed by atoms with van der Waals surface area (Å²) in [7, 11) is 0. The summed E-state index contributed by atoms with van der Waals surface area (Å²) < 4.78 is 12.7. The maximum atomic E-state index is 6.41. The monoisotopic (exact) mass is 240 g/mol. The fraction of sp³-hybridized carbons (Fsp3) is 1.00. The quantitative estimate of drug-likeness (QED) is 0.747. The summed E-state index contributed by atoms with van der Waals surface area (Å²) in [5.41, 5.74) is -0.0127. The average molecular weight is 240 g/mol. The van der Waals surface area contributed by atoms with Crippen LogP contribution in [0.4, 0.5) is 0 Å². The normalized spacial score (nSPS) is 45.2. The molecule has 0 aromatic heterocycles. The highest BCUT2D eigenvalue weighted by atomic mass is 16.6. The molecule has 0 N–H and O–H groups in total. The number of hydrogen-bond donors (Lipinski definition) is 0. The SMILES string of the molecule is CCC1OC2C(C)OC1(CC(C)C)C2C(C)C. The fourth-order valence-electron chi connectivity index (χ4n) is 4.19. The summed E-state index contributed by atoms with van der Waals surface area (Å²) in [6.45, 7) is 13.6. The van der Waals surface area contributed by atoms with E-state index in [0.717, 1.165) is 12.8 Å². The van der Waals surface area contributed by atoms with Crippen LogP contribution in [0.1, 0.15) is 54.4 Å². The van der Waals surface area contributed by atoms with Gasteiger partial charge in [-0.05, 0) is 31.6 Å². The maximum Gasteiger partial charge on any atom is 0.101 e. The van der Waals surface area contributed by atoms with Crippen LogP contribution in [0.25, 0.3) is 0 Å². The molecule has 2 aliphatic heterocycles. The molecule has 2 rings (SSSR count). The van der Waals surface area contributed by atoms with Crippen LogP contribution < -0.4 is 0 Å². The smallest absolute Gasteiger partial charge is 0.101 e. The summed E-state index contributed by atoms with van der Waals surface area (Å²) in [5.74, 6) is 1.88. The molecule has 0 amide bonds. The van der Waals surface area contributed by atoms with E-state index in [-0.39, 0.29) is 11.7 Å². The van der Waals surface area contributed by atoms with Gasteiger partial charge in [-0.2, -0.15) is 0 Å². The number of fused-ring (bicyclic) bond motifs is 2. The summed E-state index contributed by atoms with van der Waals surface area (Å²) in [6.07, 6.45) is 3.09. The fourth-order valence-corrected chi connectivity index (χ4v) is 4.19. The van der Waals surface area contributed by atoms with Gasteiger partial charge in [-0.3, -0.25) is 0 Å². The van der Waals surface area contributed by atoms with Crippen molar-refractivity contribution >= 4 is 0 Å². The molecule has 17 heavy (non-hydrogen) atoms. The number of ether oxygens (including phenoxy) is 2. The molecule has 0 aromatic carbocycles. The van der Waals surface area contributed by atoms with Gasteiger partial charge in [0, 0.05) is 5.92 Å². The second-order valence-electron chi connectivity index (χ2n) is 6.64. The van der Waals surface area contributed by atoms with Crippen molar-refractivity contribution in [1.82, 2.24) is 0 Å². The topological polar surface area (TPSA) is 18.5 Å². The lowest BCUT2D eigenvalue weighted by atomic mass is 9.73. The van der Waals surface area contributed by atoms with Crippen molar-refractivity contribution in [3.05, 3.63) is 0 Å². The molecule has 0 saturated carbocycles. The molecule has 2 fully saturated rings. The van der Waals surface area contributed by atoms with Crippen LogP contribution in [0.5, 0.6) is 0 Å². The zero-order valence-electron chi connectivity index (χ0n) is 12.2. The summed E-state index contributed by atoms with van der Waals surface area (Å²) in [5, 5.41) is 0. The Bertz CT molecular complexity index is 274. The summed E-state index contributed by atoms with van der Waals surface area (Å²) in [6, 6.07) is 0. The van der Waals surface area contributed by atoms with Crippen LogP contribution in [-0.4, -0.2) is 23.9 Å². The van der Waals surface area contributed by atoms with Crippen molar-refractivity contribution in [2.75, 3.05) is 0 Å². The third-order valence-corrected chi connectivity index (χ3v) is 4.47. The van der Waals surface area contributed by atoms with Gasteiger partial charge in [0.2, 0.25) is 0 Å². The van der Waals surface area contributed by atoms with Crippen LogP contribution in [0.2, 0.25) is 0 Å². The molecule has 0 aliphatic carbocycles. The average Bonchev–Trinajstić information content (AvgIpc) is 2.63. The van der Waals surface area contributed by atoms with Gasteiger partial charge in [0.15, 0.2) is 0 Å². The molecule has 2 aliphatic rings. The van der Waals surface area contributed by atoms with Gasteiger partial charge >= 0.3 is 0 Å². The number of rotatable bonds is 4. The molecular formula is C15H28O2. The van der Waals surface area contributed by atoms with Crippen LogP contribution in [0.15, 0.2) is 0 Å². The molecule has 2 heterocycles. The predicted octanol–water partition coefficient (Wildman–Crippen LogP) is 3.64. The minimum absolute atomic E-state index is 0.0127. The van der Waals surface area contributed by atoms with E-state index >= 15 is 0 Å². The first-order valence-corrected chi connectivity index (χ1v) is 7.25. The Hall–Kier alpha value is -0.0800. The van der Waals surface area contributed by atoms with Crippen molar-refractivity contribution < 1.29 is 9.47 Å². The zero-order chi connectivity index (χ0) is 12.8. The van der Waals surface area contributed by atoms with E-state index in [0.29, 0.717) is 30.0 Å². The molecule has 2 nitrogen and oxygen atoms in total. The third-order valence-electron chi connectivity index (χ3n) is 4.47. The summed E-state index contributed by atoms with van der Waals surface area (Å²) in [4.78, 5) is 0. The minimum Gasteiger partial charge on any atom is -0.369 e. The first kappa shape index (κ1) is 13.4. The van der Waals surface area contributed by atoms with E-state index in [9.17, 15) is 0 Å². The Morgan fingerprint density at radius 2 is 1.82 bits per heavy atom. The van der Waals surface area contributed by atoms with Gasteiger partial charge in [0.25, 0.3) is 0 Å². The predicted molar refractivity (Wildman–Crippen MR) is 70.0 cm³/mol. The molecule has 0 spiro atoms. The highest BCUT2D eigenvalue weighted by Crippen LogP contribution is 2.55. The lowest BCUT2D eigenvalue weighted by Gasteiger charge is -2.39. The first-order chi connectivity index (χ1) is 7.92. The van der Waals surface area contributed by atoms with Crippen LogP contribution >= 0.6 is 0 Å². The summed E-state index contributed by atoms with van der Waals surface area (Å²) >= 11 is 0. The van der Waals surface area contributed by atoms with E-state index in [1.165, 1.54) is 0 Å². The standard InChI is InChI=1S/C15H28O2/c1-7-12-15(8-9(2)3)13(10(4)5)14(16-12)11(6)17-15/h9-14H,7-8H2,1-6H3. The zero-order valence-corrected chi connectivity index (χ0v) is 12.2. The highest BCUT2D eigenvalue weighted by Gasteiger charge is 2.64. The molecular weight excluding hydrogens is 212 g/mol. The molecule has 2 bridgehead atoms. The lowest BCUT2D eigenvalue weighted by molar-refractivity contribution is -0.187. The molecule has 5 unspecified atom stereocenters. The van der Waals surface area contributed by atoms with E-state index in [4.69, 9.17) is 9.47 Å². The van der Waals surface area contributed by atoms with E-state index in [1.807, 2.05) is 0 Å². The van der Waals surface area contributed by atoms with Crippen LogP contribution in [0.3, 0.4) is 0 Å². The second-order valence-corrected chi connectivity index (χ2v) is 6.64. The van der Waals surface area contributed by atoms with Gasteiger partial charge in [-0.25, -0.2) is 0 Å². The Morgan fingerprint density at radius 1 is 1.18 bits per heavy atom. The van der Waals surface area contributed by atoms with Gasteiger partial charge < -0.3 is 9.47 Å². The highest BCUT2D eigenvalue weighted by molar-refractivity contribution is 5.11. The van der Waals surface area contributed by atoms with Crippen molar-refractivity contribution in [2.24, 2.45) is 17.8 Å². The molecule has 0 aromatic rings. The second kappa shape index (κ2) is 4.55. The molecule has 5 atom stereocenters. The van der Waals surface area contributed by atoms with E-state index in [2.05, 4.69) is 41.5 Å². The first-order valence-electron chi connectivity index (χ1n) is 7.25. The third kappa shape index (κ3) is 1.94. The van der Waals surface area contributed by atoms with E-state index < -0.39 is 0 Å². The van der Waals surface area contributed by atoms with Crippen molar-refractivity contribution in [3.63, 3.8) is 0 Å². The molecule has 2 heteroatoms. The Balaban J connectivity index is 2.32. The van der Waals surface area contributed by atoms with Gasteiger partial charge in [0.1, 0.15) is 5.60 Å². The maximum absolute atomic E-state index is 6.41. The van der Waals surface area contributed by atoms with Crippen molar-refractivity contribution in [3.8, 4) is 0 Å². The largest absolute Gasteiger partial charge is 0.369 e. The van der Waals surface area contributed by atoms with Crippen LogP contribution in [0, 0.1) is 17.8 Å². The van der Waals surface area contributed by atoms with Gasteiger partial charge in [-0.15, -0.1) is 0 Å². The van der Waals surface area contributed by atoms with Crippen LogP contribution in [-0.2, 0) is 9.47 Å². The Kier molecular flexibility index (Phi) is 3.57. The van der Waals surface area contributed by atoms with Gasteiger partial charge in [-0.1, -0.05) is 34.6 Å². The molecule has 100 valence electrons. The van der Waals surface area contributed by atoms with Crippen molar-refractivity contribution in [2.45, 2.75) is 78.3 Å². The van der Waals surface area contributed by atoms with E-state index in [1.54, 1.807) is 0 Å². The Labute approximate surface area is 106 Å². The molecule has 2 saturated heterocycles.